The first-order valence-corrected chi connectivity index (χ1v) is 8.53. The van der Waals surface area contributed by atoms with Crippen molar-refractivity contribution in [3.63, 3.8) is 0 Å². The summed E-state index contributed by atoms with van der Waals surface area (Å²) in [6.45, 7) is 2.67. The average Bonchev–Trinajstić information content (AvgIpc) is 2.60. The molecule has 2 aromatic carbocycles. The van der Waals surface area contributed by atoms with Crippen LogP contribution in [-0.4, -0.2) is 37.1 Å². The van der Waals surface area contributed by atoms with Gasteiger partial charge in [-0.3, -0.25) is 9.69 Å². The third kappa shape index (κ3) is 4.28. The molecule has 126 valence electrons. The van der Waals surface area contributed by atoms with Crippen molar-refractivity contribution in [1.82, 2.24) is 4.90 Å². The predicted octanol–water partition coefficient (Wildman–Crippen LogP) is 4.01. The molecule has 1 N–H and O–H groups in total. The SMILES string of the molecule is O=C(Nc1ccc(Cl)cc1)C(c1ccc(Cl)cc1)N1CCOCC1. The van der Waals surface area contributed by atoms with Gasteiger partial charge in [-0.05, 0) is 42.0 Å². The standard InChI is InChI=1S/C18H18Cl2N2O2/c19-14-3-1-13(2-4-14)17(22-9-11-24-12-10-22)18(23)21-16-7-5-15(20)6-8-16/h1-8,17H,9-12H2,(H,21,23). The number of nitrogens with zero attached hydrogens (tertiary/aromatic N) is 1. The molecule has 1 aliphatic rings. The fourth-order valence-corrected chi connectivity index (χ4v) is 3.00. The molecule has 1 atom stereocenters. The highest BCUT2D eigenvalue weighted by atomic mass is 35.5. The van der Waals surface area contributed by atoms with Gasteiger partial charge in [-0.15, -0.1) is 0 Å². The topological polar surface area (TPSA) is 41.6 Å². The molecule has 3 rings (SSSR count). The van der Waals surface area contributed by atoms with Crippen molar-refractivity contribution in [2.75, 3.05) is 31.6 Å². The second-order valence-electron chi connectivity index (χ2n) is 5.60. The van der Waals surface area contributed by atoms with E-state index in [9.17, 15) is 4.79 Å². The Hall–Kier alpha value is -1.59. The van der Waals surface area contributed by atoms with Gasteiger partial charge in [0.2, 0.25) is 5.91 Å². The Balaban J connectivity index is 1.83. The van der Waals surface area contributed by atoms with Crippen LogP contribution in [0.2, 0.25) is 10.0 Å². The highest BCUT2D eigenvalue weighted by Crippen LogP contribution is 2.25. The first-order chi connectivity index (χ1) is 11.6. The zero-order chi connectivity index (χ0) is 16.9. The molecular formula is C18H18Cl2N2O2. The summed E-state index contributed by atoms with van der Waals surface area (Å²) in [5.74, 6) is -0.0819. The van der Waals surface area contributed by atoms with Crippen molar-refractivity contribution in [1.29, 1.82) is 0 Å². The fraction of sp³-hybridized carbons (Fsp3) is 0.278. The summed E-state index contributed by atoms with van der Waals surface area (Å²) >= 11 is 11.9. The Bertz CT molecular complexity index is 683. The Morgan fingerprint density at radius 2 is 1.50 bits per heavy atom. The maximum Gasteiger partial charge on any atom is 0.246 e. The molecule has 2 aromatic rings. The largest absolute Gasteiger partial charge is 0.379 e. The van der Waals surface area contributed by atoms with Gasteiger partial charge in [0, 0.05) is 28.8 Å². The number of hydrogen-bond acceptors (Lipinski definition) is 3. The maximum atomic E-state index is 12.9. The van der Waals surface area contributed by atoms with Crippen LogP contribution in [0.15, 0.2) is 48.5 Å². The third-order valence-electron chi connectivity index (χ3n) is 3.96. The minimum atomic E-state index is -0.387. The van der Waals surface area contributed by atoms with Gasteiger partial charge < -0.3 is 10.1 Å². The number of anilines is 1. The van der Waals surface area contributed by atoms with Crippen LogP contribution < -0.4 is 5.32 Å². The molecule has 0 radical (unpaired) electrons. The van der Waals surface area contributed by atoms with Crippen molar-refractivity contribution in [3.05, 3.63) is 64.1 Å². The number of rotatable bonds is 4. The second-order valence-corrected chi connectivity index (χ2v) is 6.47. The summed E-state index contributed by atoms with van der Waals surface area (Å²) in [5, 5.41) is 4.25. The lowest BCUT2D eigenvalue weighted by Gasteiger charge is -2.33. The number of carbonyl (C=O) groups excluding carboxylic acids is 1. The van der Waals surface area contributed by atoms with Gasteiger partial charge in [0.25, 0.3) is 0 Å². The Morgan fingerprint density at radius 1 is 0.958 bits per heavy atom. The van der Waals surface area contributed by atoms with Gasteiger partial charge >= 0.3 is 0 Å². The van der Waals surface area contributed by atoms with E-state index in [2.05, 4.69) is 10.2 Å². The zero-order valence-electron chi connectivity index (χ0n) is 13.0. The molecule has 6 heteroatoms. The minimum absolute atomic E-state index is 0.0819. The van der Waals surface area contributed by atoms with Crippen LogP contribution in [0.25, 0.3) is 0 Å². The third-order valence-corrected chi connectivity index (χ3v) is 4.46. The van der Waals surface area contributed by atoms with Gasteiger partial charge in [0.15, 0.2) is 0 Å². The Kier molecular flexibility index (Phi) is 5.74. The van der Waals surface area contributed by atoms with Crippen molar-refractivity contribution in [3.8, 4) is 0 Å². The van der Waals surface area contributed by atoms with Gasteiger partial charge in [-0.1, -0.05) is 35.3 Å². The zero-order valence-corrected chi connectivity index (χ0v) is 14.6. The van der Waals surface area contributed by atoms with Gasteiger partial charge in [-0.2, -0.15) is 0 Å². The van der Waals surface area contributed by atoms with E-state index in [0.717, 1.165) is 11.3 Å². The van der Waals surface area contributed by atoms with Crippen molar-refractivity contribution in [2.45, 2.75) is 6.04 Å². The molecule has 1 saturated heterocycles. The van der Waals surface area contributed by atoms with Crippen LogP contribution in [0.3, 0.4) is 0 Å². The number of ether oxygens (including phenoxy) is 1. The molecule has 1 heterocycles. The number of benzene rings is 2. The number of carbonyl (C=O) groups is 1. The van der Waals surface area contributed by atoms with Crippen LogP contribution in [0, 0.1) is 0 Å². The van der Waals surface area contributed by atoms with Crippen LogP contribution in [-0.2, 0) is 9.53 Å². The van der Waals surface area contributed by atoms with Crippen LogP contribution >= 0.6 is 23.2 Å². The summed E-state index contributed by atoms with van der Waals surface area (Å²) in [6, 6.07) is 14.1. The summed E-state index contributed by atoms with van der Waals surface area (Å²) in [4.78, 5) is 15.0. The number of morpholine rings is 1. The van der Waals surface area contributed by atoms with Crippen molar-refractivity contribution >= 4 is 34.8 Å². The van der Waals surface area contributed by atoms with E-state index in [0.29, 0.717) is 36.3 Å². The van der Waals surface area contributed by atoms with Crippen LogP contribution in [0.5, 0.6) is 0 Å². The Labute approximate surface area is 151 Å². The summed E-state index contributed by atoms with van der Waals surface area (Å²) in [7, 11) is 0. The molecule has 1 unspecified atom stereocenters. The van der Waals surface area contributed by atoms with E-state index in [4.69, 9.17) is 27.9 Å². The molecular weight excluding hydrogens is 347 g/mol. The first-order valence-electron chi connectivity index (χ1n) is 7.77. The summed E-state index contributed by atoms with van der Waals surface area (Å²) < 4.78 is 5.41. The van der Waals surface area contributed by atoms with Gasteiger partial charge in [-0.25, -0.2) is 0 Å². The minimum Gasteiger partial charge on any atom is -0.379 e. The lowest BCUT2D eigenvalue weighted by molar-refractivity contribution is -0.123. The van der Waals surface area contributed by atoms with Gasteiger partial charge in [0.1, 0.15) is 6.04 Å². The number of amides is 1. The quantitative estimate of drug-likeness (QED) is 0.890. The highest BCUT2D eigenvalue weighted by molar-refractivity contribution is 6.30. The fourth-order valence-electron chi connectivity index (χ4n) is 2.75. The number of halogens is 2. The molecule has 1 fully saturated rings. The highest BCUT2D eigenvalue weighted by Gasteiger charge is 2.29. The summed E-state index contributed by atoms with van der Waals surface area (Å²) in [6.07, 6.45) is 0. The summed E-state index contributed by atoms with van der Waals surface area (Å²) in [5.41, 5.74) is 1.63. The van der Waals surface area contributed by atoms with E-state index >= 15 is 0 Å². The monoisotopic (exact) mass is 364 g/mol. The molecule has 4 nitrogen and oxygen atoms in total. The van der Waals surface area contributed by atoms with E-state index < -0.39 is 0 Å². The Morgan fingerprint density at radius 3 is 2.08 bits per heavy atom. The van der Waals surface area contributed by atoms with Crippen LogP contribution in [0.4, 0.5) is 5.69 Å². The van der Waals surface area contributed by atoms with E-state index in [1.165, 1.54) is 0 Å². The van der Waals surface area contributed by atoms with E-state index in [1.807, 2.05) is 12.1 Å². The smallest absolute Gasteiger partial charge is 0.246 e. The number of hydrogen-bond donors (Lipinski definition) is 1. The van der Waals surface area contributed by atoms with Crippen molar-refractivity contribution in [2.24, 2.45) is 0 Å². The second kappa shape index (κ2) is 7.99. The average molecular weight is 365 g/mol. The molecule has 0 aliphatic carbocycles. The molecule has 24 heavy (non-hydrogen) atoms. The van der Waals surface area contributed by atoms with Crippen LogP contribution in [0.1, 0.15) is 11.6 Å². The van der Waals surface area contributed by atoms with Crippen molar-refractivity contribution < 1.29 is 9.53 Å². The van der Waals surface area contributed by atoms with Gasteiger partial charge in [0.05, 0.1) is 13.2 Å². The molecule has 0 bridgehead atoms. The lowest BCUT2D eigenvalue weighted by Crippen LogP contribution is -2.43. The van der Waals surface area contributed by atoms with E-state index in [-0.39, 0.29) is 11.9 Å². The molecule has 0 saturated carbocycles. The molecule has 0 aromatic heterocycles. The molecule has 1 aliphatic heterocycles. The first kappa shape index (κ1) is 17.2. The normalized spacial score (nSPS) is 16.6. The maximum absolute atomic E-state index is 12.9. The predicted molar refractivity (Wildman–Crippen MR) is 96.7 cm³/mol. The lowest BCUT2D eigenvalue weighted by atomic mass is 10.0. The molecule has 0 spiro atoms. The molecule has 1 amide bonds. The van der Waals surface area contributed by atoms with E-state index in [1.54, 1.807) is 36.4 Å². The number of nitrogens with one attached hydrogen (secondary N) is 1.